The summed E-state index contributed by atoms with van der Waals surface area (Å²) in [5.74, 6) is 0.378. The van der Waals surface area contributed by atoms with Crippen molar-refractivity contribution in [1.82, 2.24) is 10.6 Å². The van der Waals surface area contributed by atoms with E-state index in [1.807, 2.05) is 37.3 Å². The first-order chi connectivity index (χ1) is 12.5. The first kappa shape index (κ1) is 22.9. The number of carbonyl (C=O) groups is 1. The number of benzene rings is 2. The average molecular weight is 484 g/mol. The largest absolute Gasteiger partial charge is 0.357 e. The lowest BCUT2D eigenvalue weighted by Crippen LogP contribution is -2.36. The van der Waals surface area contributed by atoms with Crippen LogP contribution in [0, 0.1) is 12.7 Å². The molecule has 0 heterocycles. The van der Waals surface area contributed by atoms with Crippen LogP contribution in [0.25, 0.3) is 0 Å². The maximum absolute atomic E-state index is 13.4. The van der Waals surface area contributed by atoms with Crippen LogP contribution in [-0.2, 0) is 17.9 Å². The van der Waals surface area contributed by atoms with Crippen LogP contribution in [-0.4, -0.2) is 18.4 Å². The normalized spacial score (nSPS) is 10.7. The van der Waals surface area contributed by atoms with Gasteiger partial charge < -0.3 is 16.0 Å². The Kier molecular flexibility index (Phi) is 9.77. The molecule has 0 bridgehead atoms. The van der Waals surface area contributed by atoms with E-state index >= 15 is 0 Å². The second kappa shape index (κ2) is 11.5. The standard InChI is InChI=1S/C20H25FN4O.HI/c1-4-22-20(24-13-17-8-9-19(21)14(2)10-17)23-12-16-6-5-7-18(11-16)25-15(3)26;/h5-11H,4,12-13H2,1-3H3,(H,25,26)(H2,22,23,24);1H. The number of carbonyl (C=O) groups excluding carboxylic acids is 1. The lowest BCUT2D eigenvalue weighted by atomic mass is 10.1. The highest BCUT2D eigenvalue weighted by molar-refractivity contribution is 14.0. The van der Waals surface area contributed by atoms with Gasteiger partial charge in [0.1, 0.15) is 5.82 Å². The zero-order valence-corrected chi connectivity index (χ0v) is 18.1. The van der Waals surface area contributed by atoms with Crippen molar-refractivity contribution in [3.63, 3.8) is 0 Å². The molecular formula is C20H26FIN4O. The van der Waals surface area contributed by atoms with Gasteiger partial charge in [0.25, 0.3) is 0 Å². The number of amides is 1. The lowest BCUT2D eigenvalue weighted by Gasteiger charge is -2.12. The summed E-state index contributed by atoms with van der Waals surface area (Å²) >= 11 is 0. The van der Waals surface area contributed by atoms with E-state index in [1.54, 1.807) is 13.0 Å². The summed E-state index contributed by atoms with van der Waals surface area (Å²) in [7, 11) is 0. The van der Waals surface area contributed by atoms with Gasteiger partial charge in [0.05, 0.1) is 6.54 Å². The summed E-state index contributed by atoms with van der Waals surface area (Å²) in [4.78, 5) is 15.7. The summed E-state index contributed by atoms with van der Waals surface area (Å²) < 4.78 is 13.4. The topological polar surface area (TPSA) is 65.5 Å². The summed E-state index contributed by atoms with van der Waals surface area (Å²) in [6.07, 6.45) is 0. The minimum Gasteiger partial charge on any atom is -0.357 e. The predicted molar refractivity (Wildman–Crippen MR) is 119 cm³/mol. The third-order valence-electron chi connectivity index (χ3n) is 3.69. The molecule has 27 heavy (non-hydrogen) atoms. The van der Waals surface area contributed by atoms with Crippen LogP contribution >= 0.6 is 24.0 Å². The zero-order chi connectivity index (χ0) is 18.9. The van der Waals surface area contributed by atoms with Crippen molar-refractivity contribution < 1.29 is 9.18 Å². The molecule has 0 unspecified atom stereocenters. The Hall–Kier alpha value is -2.16. The minimum atomic E-state index is -0.201. The van der Waals surface area contributed by atoms with E-state index in [2.05, 4.69) is 20.9 Å². The van der Waals surface area contributed by atoms with Gasteiger partial charge in [0.2, 0.25) is 5.91 Å². The van der Waals surface area contributed by atoms with Gasteiger partial charge in [-0.1, -0.05) is 24.3 Å². The monoisotopic (exact) mass is 484 g/mol. The molecule has 0 radical (unpaired) electrons. The van der Waals surface area contributed by atoms with Crippen molar-refractivity contribution in [1.29, 1.82) is 0 Å². The number of nitrogens with one attached hydrogen (secondary N) is 3. The number of guanidine groups is 1. The van der Waals surface area contributed by atoms with Gasteiger partial charge in [0.15, 0.2) is 5.96 Å². The third-order valence-corrected chi connectivity index (χ3v) is 3.69. The number of anilines is 1. The molecule has 0 aliphatic rings. The average Bonchev–Trinajstić information content (AvgIpc) is 2.60. The van der Waals surface area contributed by atoms with Crippen LogP contribution in [0.2, 0.25) is 0 Å². The maximum Gasteiger partial charge on any atom is 0.221 e. The molecule has 0 aliphatic heterocycles. The van der Waals surface area contributed by atoms with Crippen molar-refractivity contribution >= 4 is 41.5 Å². The summed E-state index contributed by atoms with van der Waals surface area (Å²) in [5.41, 5.74) is 3.36. The van der Waals surface area contributed by atoms with E-state index in [0.717, 1.165) is 23.4 Å². The van der Waals surface area contributed by atoms with Gasteiger partial charge in [-0.05, 0) is 48.7 Å². The highest BCUT2D eigenvalue weighted by Gasteiger charge is 2.02. The number of hydrogen-bond donors (Lipinski definition) is 3. The molecule has 2 aromatic rings. The maximum atomic E-state index is 13.4. The van der Waals surface area contributed by atoms with Crippen molar-refractivity contribution in [3.05, 3.63) is 65.0 Å². The first-order valence-electron chi connectivity index (χ1n) is 8.61. The van der Waals surface area contributed by atoms with Crippen LogP contribution in [0.5, 0.6) is 0 Å². The fourth-order valence-electron chi connectivity index (χ4n) is 2.47. The molecule has 7 heteroatoms. The van der Waals surface area contributed by atoms with Gasteiger partial charge >= 0.3 is 0 Å². The van der Waals surface area contributed by atoms with E-state index in [4.69, 9.17) is 0 Å². The molecule has 5 nitrogen and oxygen atoms in total. The van der Waals surface area contributed by atoms with Gasteiger partial charge in [-0.25, -0.2) is 9.38 Å². The smallest absolute Gasteiger partial charge is 0.221 e. The van der Waals surface area contributed by atoms with Crippen LogP contribution in [0.3, 0.4) is 0 Å². The molecule has 0 saturated carbocycles. The number of aryl methyl sites for hydroxylation is 1. The Morgan fingerprint density at radius 2 is 1.89 bits per heavy atom. The van der Waals surface area contributed by atoms with E-state index in [-0.39, 0.29) is 35.7 Å². The molecule has 146 valence electrons. The Labute approximate surface area is 176 Å². The highest BCUT2D eigenvalue weighted by atomic mass is 127. The summed E-state index contributed by atoms with van der Waals surface area (Å²) in [6.45, 7) is 7.00. The van der Waals surface area contributed by atoms with Gasteiger partial charge in [-0.3, -0.25) is 4.79 Å². The van der Waals surface area contributed by atoms with Crippen LogP contribution in [0.4, 0.5) is 10.1 Å². The first-order valence-corrected chi connectivity index (χ1v) is 8.61. The number of nitrogens with zero attached hydrogens (tertiary/aromatic N) is 1. The molecule has 0 spiro atoms. The molecular weight excluding hydrogens is 458 g/mol. The third kappa shape index (κ3) is 7.94. The number of rotatable bonds is 6. The predicted octanol–water partition coefficient (Wildman–Crippen LogP) is 3.97. The molecule has 0 saturated heterocycles. The van der Waals surface area contributed by atoms with Crippen LogP contribution < -0.4 is 16.0 Å². The van der Waals surface area contributed by atoms with Crippen LogP contribution in [0.1, 0.15) is 30.5 Å². The quantitative estimate of drug-likeness (QED) is 0.331. The van der Waals surface area contributed by atoms with Crippen molar-refractivity contribution in [2.24, 2.45) is 4.99 Å². The van der Waals surface area contributed by atoms with E-state index in [9.17, 15) is 9.18 Å². The second-order valence-corrected chi connectivity index (χ2v) is 6.01. The van der Waals surface area contributed by atoms with E-state index in [1.165, 1.54) is 13.0 Å². The van der Waals surface area contributed by atoms with Gasteiger partial charge in [-0.2, -0.15) is 0 Å². The second-order valence-electron chi connectivity index (χ2n) is 6.01. The fraction of sp³-hybridized carbons (Fsp3) is 0.300. The van der Waals surface area contributed by atoms with Crippen LogP contribution in [0.15, 0.2) is 47.5 Å². The summed E-state index contributed by atoms with van der Waals surface area (Å²) in [5, 5.41) is 9.20. The number of aliphatic imine (C=N–C) groups is 1. The zero-order valence-electron chi connectivity index (χ0n) is 15.8. The molecule has 3 N–H and O–H groups in total. The highest BCUT2D eigenvalue weighted by Crippen LogP contribution is 2.12. The van der Waals surface area contributed by atoms with Gasteiger partial charge in [0, 0.05) is 25.7 Å². The fourth-order valence-corrected chi connectivity index (χ4v) is 2.47. The molecule has 2 rings (SSSR count). The Morgan fingerprint density at radius 3 is 2.56 bits per heavy atom. The van der Waals surface area contributed by atoms with E-state index < -0.39 is 0 Å². The minimum absolute atomic E-state index is 0. The van der Waals surface area contributed by atoms with Crippen molar-refractivity contribution in [3.8, 4) is 0 Å². The number of halogens is 2. The molecule has 1 amide bonds. The van der Waals surface area contributed by atoms with E-state index in [0.29, 0.717) is 24.6 Å². The molecule has 0 fully saturated rings. The summed E-state index contributed by atoms with van der Waals surface area (Å²) in [6, 6.07) is 12.6. The van der Waals surface area contributed by atoms with Crippen molar-refractivity contribution in [2.75, 3.05) is 11.9 Å². The molecule has 0 aromatic heterocycles. The number of hydrogen-bond acceptors (Lipinski definition) is 2. The lowest BCUT2D eigenvalue weighted by molar-refractivity contribution is -0.114. The molecule has 2 aromatic carbocycles. The van der Waals surface area contributed by atoms with Gasteiger partial charge in [-0.15, -0.1) is 24.0 Å². The Balaban J connectivity index is 0.00000364. The molecule has 0 aliphatic carbocycles. The Bertz CT molecular complexity index is 795. The molecule has 0 atom stereocenters. The SMILES string of the molecule is CCNC(=NCc1cccc(NC(C)=O)c1)NCc1ccc(F)c(C)c1.I. The van der Waals surface area contributed by atoms with Crippen molar-refractivity contribution in [2.45, 2.75) is 33.9 Å². The Morgan fingerprint density at radius 1 is 1.11 bits per heavy atom.